The number of hydrogen-bond acceptors (Lipinski definition) is 2. The molecule has 1 N–H and O–H groups in total. The Kier molecular flexibility index (Phi) is 5.84. The van der Waals surface area contributed by atoms with Crippen LogP contribution in [0.2, 0.25) is 10.0 Å². The SMILES string of the molecule is CNCC(Cc1ccccc1Cl)Cc1ccncc1Cl. The minimum Gasteiger partial charge on any atom is -0.319 e. The van der Waals surface area contributed by atoms with Gasteiger partial charge in [-0.2, -0.15) is 0 Å². The lowest BCUT2D eigenvalue weighted by Crippen LogP contribution is -2.23. The van der Waals surface area contributed by atoms with E-state index in [2.05, 4.69) is 16.4 Å². The van der Waals surface area contributed by atoms with E-state index in [4.69, 9.17) is 23.2 Å². The zero-order chi connectivity index (χ0) is 14.4. The molecule has 20 heavy (non-hydrogen) atoms. The predicted molar refractivity (Wildman–Crippen MR) is 85.5 cm³/mol. The van der Waals surface area contributed by atoms with Gasteiger partial charge in [-0.25, -0.2) is 0 Å². The Balaban J connectivity index is 2.12. The highest BCUT2D eigenvalue weighted by atomic mass is 35.5. The Morgan fingerprint density at radius 3 is 2.40 bits per heavy atom. The van der Waals surface area contributed by atoms with E-state index in [0.717, 1.165) is 35.0 Å². The number of hydrogen-bond donors (Lipinski definition) is 1. The second-order valence-corrected chi connectivity index (χ2v) is 5.70. The first kappa shape index (κ1) is 15.3. The van der Waals surface area contributed by atoms with E-state index in [-0.39, 0.29) is 0 Å². The van der Waals surface area contributed by atoms with Gasteiger partial charge in [0, 0.05) is 17.4 Å². The van der Waals surface area contributed by atoms with Crippen LogP contribution in [-0.4, -0.2) is 18.6 Å². The average Bonchev–Trinajstić information content (AvgIpc) is 2.44. The smallest absolute Gasteiger partial charge is 0.0621 e. The van der Waals surface area contributed by atoms with Crippen molar-refractivity contribution in [2.45, 2.75) is 12.8 Å². The summed E-state index contributed by atoms with van der Waals surface area (Å²) >= 11 is 12.4. The molecule has 0 radical (unpaired) electrons. The second-order valence-electron chi connectivity index (χ2n) is 4.89. The number of aromatic nitrogens is 1. The zero-order valence-electron chi connectivity index (χ0n) is 11.4. The third-order valence-corrected chi connectivity index (χ3v) is 4.03. The Labute approximate surface area is 130 Å². The second kappa shape index (κ2) is 7.63. The molecule has 106 valence electrons. The summed E-state index contributed by atoms with van der Waals surface area (Å²) in [6.07, 6.45) is 5.32. The third kappa shape index (κ3) is 4.20. The fourth-order valence-corrected chi connectivity index (χ4v) is 2.77. The van der Waals surface area contributed by atoms with Gasteiger partial charge in [0.1, 0.15) is 0 Å². The molecule has 0 amide bonds. The molecule has 0 aliphatic heterocycles. The highest BCUT2D eigenvalue weighted by Gasteiger charge is 2.13. The van der Waals surface area contributed by atoms with Gasteiger partial charge >= 0.3 is 0 Å². The molecule has 0 bridgehead atoms. The van der Waals surface area contributed by atoms with E-state index in [0.29, 0.717) is 5.92 Å². The number of pyridine rings is 1. The summed E-state index contributed by atoms with van der Waals surface area (Å²) in [5, 5.41) is 4.80. The Morgan fingerprint density at radius 1 is 1.05 bits per heavy atom. The Hall–Kier alpha value is -1.09. The van der Waals surface area contributed by atoms with Crippen LogP contribution in [0.4, 0.5) is 0 Å². The largest absolute Gasteiger partial charge is 0.319 e. The van der Waals surface area contributed by atoms with Crippen molar-refractivity contribution >= 4 is 23.2 Å². The van der Waals surface area contributed by atoms with Gasteiger partial charge in [-0.3, -0.25) is 4.98 Å². The van der Waals surface area contributed by atoms with Crippen LogP contribution in [-0.2, 0) is 12.8 Å². The molecular formula is C16H18Cl2N2. The lowest BCUT2D eigenvalue weighted by molar-refractivity contribution is 0.493. The minimum absolute atomic E-state index is 0.444. The minimum atomic E-state index is 0.444. The quantitative estimate of drug-likeness (QED) is 0.872. The van der Waals surface area contributed by atoms with E-state index in [1.165, 1.54) is 5.56 Å². The monoisotopic (exact) mass is 308 g/mol. The van der Waals surface area contributed by atoms with E-state index in [9.17, 15) is 0 Å². The summed E-state index contributed by atoms with van der Waals surface area (Å²) in [7, 11) is 1.97. The van der Waals surface area contributed by atoms with Gasteiger partial charge in [0.15, 0.2) is 0 Å². The van der Waals surface area contributed by atoms with E-state index in [1.54, 1.807) is 12.4 Å². The molecule has 1 unspecified atom stereocenters. The molecule has 0 saturated carbocycles. The number of rotatable bonds is 6. The van der Waals surface area contributed by atoms with Crippen molar-refractivity contribution in [2.24, 2.45) is 5.92 Å². The lowest BCUT2D eigenvalue weighted by atomic mass is 9.93. The molecule has 1 atom stereocenters. The molecular weight excluding hydrogens is 291 g/mol. The molecule has 2 aromatic rings. The average molecular weight is 309 g/mol. The van der Waals surface area contributed by atoms with Gasteiger partial charge < -0.3 is 5.32 Å². The molecule has 1 aromatic heterocycles. The first-order chi connectivity index (χ1) is 9.70. The van der Waals surface area contributed by atoms with Gasteiger partial charge in [0.2, 0.25) is 0 Å². The van der Waals surface area contributed by atoms with Crippen LogP contribution < -0.4 is 5.32 Å². The van der Waals surface area contributed by atoms with Crippen molar-refractivity contribution in [3.05, 3.63) is 63.9 Å². The van der Waals surface area contributed by atoms with Crippen LogP contribution in [0.15, 0.2) is 42.7 Å². The summed E-state index contributed by atoms with van der Waals surface area (Å²) in [5.41, 5.74) is 2.31. The van der Waals surface area contributed by atoms with E-state index < -0.39 is 0 Å². The highest BCUT2D eigenvalue weighted by molar-refractivity contribution is 6.31. The normalized spacial score (nSPS) is 12.3. The van der Waals surface area contributed by atoms with Crippen molar-refractivity contribution in [1.29, 1.82) is 0 Å². The first-order valence-corrected chi connectivity index (χ1v) is 7.42. The maximum atomic E-state index is 6.25. The van der Waals surface area contributed by atoms with Crippen LogP contribution in [0, 0.1) is 5.92 Å². The van der Waals surface area contributed by atoms with Crippen LogP contribution in [0.25, 0.3) is 0 Å². The van der Waals surface area contributed by atoms with Crippen molar-refractivity contribution in [3.8, 4) is 0 Å². The van der Waals surface area contributed by atoms with Crippen LogP contribution >= 0.6 is 23.2 Å². The summed E-state index contributed by atoms with van der Waals surface area (Å²) in [5.74, 6) is 0.444. The summed E-state index contributed by atoms with van der Waals surface area (Å²) in [4.78, 5) is 4.03. The fraction of sp³-hybridized carbons (Fsp3) is 0.312. The number of benzene rings is 1. The van der Waals surface area contributed by atoms with Gasteiger partial charge in [0.25, 0.3) is 0 Å². The molecule has 2 nitrogen and oxygen atoms in total. The van der Waals surface area contributed by atoms with Crippen molar-refractivity contribution < 1.29 is 0 Å². The van der Waals surface area contributed by atoms with Crippen molar-refractivity contribution in [3.63, 3.8) is 0 Å². The van der Waals surface area contributed by atoms with Gasteiger partial charge in [-0.1, -0.05) is 41.4 Å². The van der Waals surface area contributed by atoms with Gasteiger partial charge in [-0.15, -0.1) is 0 Å². The summed E-state index contributed by atoms with van der Waals surface area (Å²) in [6, 6.07) is 9.99. The highest BCUT2D eigenvalue weighted by Crippen LogP contribution is 2.23. The van der Waals surface area contributed by atoms with E-state index >= 15 is 0 Å². The summed E-state index contributed by atoms with van der Waals surface area (Å²) < 4.78 is 0. The lowest BCUT2D eigenvalue weighted by Gasteiger charge is -2.18. The van der Waals surface area contributed by atoms with Gasteiger partial charge in [-0.05, 0) is 55.6 Å². The maximum Gasteiger partial charge on any atom is 0.0621 e. The topological polar surface area (TPSA) is 24.9 Å². The molecule has 0 aliphatic rings. The van der Waals surface area contributed by atoms with Gasteiger partial charge in [0.05, 0.1) is 5.02 Å². The predicted octanol–water partition coefficient (Wildman–Crippen LogP) is 4.01. The van der Waals surface area contributed by atoms with Crippen LogP contribution in [0.1, 0.15) is 11.1 Å². The third-order valence-electron chi connectivity index (χ3n) is 3.32. The van der Waals surface area contributed by atoms with Crippen LogP contribution in [0.3, 0.4) is 0 Å². The van der Waals surface area contributed by atoms with Crippen molar-refractivity contribution in [1.82, 2.24) is 10.3 Å². The molecule has 0 aliphatic carbocycles. The number of halogens is 2. The molecule has 0 spiro atoms. The molecule has 0 saturated heterocycles. The zero-order valence-corrected chi connectivity index (χ0v) is 13.0. The first-order valence-electron chi connectivity index (χ1n) is 6.67. The number of nitrogens with zero attached hydrogens (tertiary/aromatic N) is 1. The van der Waals surface area contributed by atoms with Crippen molar-refractivity contribution in [2.75, 3.05) is 13.6 Å². The molecule has 1 heterocycles. The molecule has 0 fully saturated rings. The Morgan fingerprint density at radius 2 is 1.75 bits per heavy atom. The maximum absolute atomic E-state index is 6.25. The molecule has 2 rings (SSSR count). The van der Waals surface area contributed by atoms with Crippen LogP contribution in [0.5, 0.6) is 0 Å². The fourth-order valence-electron chi connectivity index (χ4n) is 2.36. The summed E-state index contributed by atoms with van der Waals surface area (Å²) in [6.45, 7) is 0.921. The number of nitrogens with one attached hydrogen (secondary N) is 1. The van der Waals surface area contributed by atoms with E-state index in [1.807, 2.05) is 31.3 Å². The Bertz CT molecular complexity index is 510. The standard InChI is InChI=1S/C16H18Cl2N2/c1-19-10-12(8-13-4-2-3-5-15(13)17)9-14-6-7-20-11-16(14)18/h2-7,11-12,19H,8-10H2,1H3. The molecule has 1 aromatic carbocycles. The molecule has 4 heteroatoms.